The Balaban J connectivity index is 0.991. The first-order valence-electron chi connectivity index (χ1n) is 23.6. The Hall–Kier alpha value is -8.44. The van der Waals surface area contributed by atoms with Gasteiger partial charge in [0.2, 0.25) is 0 Å². The van der Waals surface area contributed by atoms with Crippen molar-refractivity contribution in [2.45, 2.75) is 20.6 Å². The fourth-order valence-corrected chi connectivity index (χ4v) is 13.1. The fraction of sp³-hybridized carbons (Fsp3) is 0.0308. The van der Waals surface area contributed by atoms with Crippen LogP contribution in [0, 0.1) is 0 Å². The SMILES string of the molecule is c1ccc(-c2ccc(-c3nc(-c4ccccc4)nc(-c4ccccc4-c4ccc5c(c4)C4(c6ccccc6-5)c5ccccc5C5(c6ccccc6Sc6ccccc65)c5ccccc54)n3)cc2)cc1. The van der Waals surface area contributed by atoms with Crippen LogP contribution in [-0.2, 0) is 10.8 Å². The maximum Gasteiger partial charge on any atom is 0.164 e. The first-order valence-corrected chi connectivity index (χ1v) is 24.4. The molecule has 322 valence electrons. The molecule has 11 aromatic rings. The van der Waals surface area contributed by atoms with Gasteiger partial charge in [-0.15, -0.1) is 0 Å². The summed E-state index contributed by atoms with van der Waals surface area (Å²) in [7, 11) is 0. The highest BCUT2D eigenvalue weighted by Gasteiger charge is 2.58. The second-order valence-electron chi connectivity index (χ2n) is 18.2. The summed E-state index contributed by atoms with van der Waals surface area (Å²) < 4.78 is 0. The van der Waals surface area contributed by atoms with Crippen LogP contribution >= 0.6 is 11.8 Å². The average Bonchev–Trinajstić information content (AvgIpc) is 3.72. The van der Waals surface area contributed by atoms with Gasteiger partial charge in [-0.1, -0.05) is 242 Å². The molecule has 4 heteroatoms. The predicted molar refractivity (Wildman–Crippen MR) is 280 cm³/mol. The smallest absolute Gasteiger partial charge is 0.164 e. The summed E-state index contributed by atoms with van der Waals surface area (Å²) in [6.45, 7) is 0. The quantitative estimate of drug-likeness (QED) is 0.173. The van der Waals surface area contributed by atoms with E-state index in [2.05, 4.69) is 224 Å². The molecule has 14 rings (SSSR count). The zero-order valence-corrected chi connectivity index (χ0v) is 38.2. The number of hydrogen-bond donors (Lipinski definition) is 0. The highest BCUT2D eigenvalue weighted by Crippen LogP contribution is 2.67. The van der Waals surface area contributed by atoms with Gasteiger partial charge >= 0.3 is 0 Å². The number of fused-ring (bicyclic) bond motifs is 15. The van der Waals surface area contributed by atoms with E-state index in [0.717, 1.165) is 33.4 Å². The minimum Gasteiger partial charge on any atom is -0.208 e. The number of aromatic nitrogens is 3. The molecule has 1 aliphatic heterocycles. The molecular formula is C65H41N3S. The van der Waals surface area contributed by atoms with Gasteiger partial charge in [0, 0.05) is 26.5 Å². The van der Waals surface area contributed by atoms with Crippen molar-refractivity contribution in [3.8, 4) is 67.5 Å². The van der Waals surface area contributed by atoms with Crippen LogP contribution in [0.5, 0.6) is 0 Å². The van der Waals surface area contributed by atoms with Crippen LogP contribution in [0.25, 0.3) is 67.5 Å². The molecule has 0 saturated carbocycles. The van der Waals surface area contributed by atoms with Crippen LogP contribution in [0.15, 0.2) is 259 Å². The van der Waals surface area contributed by atoms with Gasteiger partial charge < -0.3 is 0 Å². The molecule has 1 aromatic heterocycles. The third-order valence-corrected chi connectivity index (χ3v) is 15.9. The summed E-state index contributed by atoms with van der Waals surface area (Å²) in [4.78, 5) is 18.3. The van der Waals surface area contributed by atoms with Crippen molar-refractivity contribution < 1.29 is 0 Å². The van der Waals surface area contributed by atoms with Crippen molar-refractivity contribution in [2.24, 2.45) is 0 Å². The number of rotatable bonds is 5. The average molecular weight is 896 g/mol. The minimum atomic E-state index is -0.615. The second kappa shape index (κ2) is 15.6. The Morgan fingerprint density at radius 2 is 0.594 bits per heavy atom. The van der Waals surface area contributed by atoms with E-state index in [1.54, 1.807) is 0 Å². The van der Waals surface area contributed by atoms with E-state index < -0.39 is 10.8 Å². The second-order valence-corrected chi connectivity index (χ2v) is 19.2. The zero-order valence-electron chi connectivity index (χ0n) is 37.4. The Kier molecular flexibility index (Phi) is 8.95. The van der Waals surface area contributed by atoms with Crippen molar-refractivity contribution in [3.05, 3.63) is 293 Å². The van der Waals surface area contributed by atoms with Gasteiger partial charge in [0.15, 0.2) is 17.5 Å². The lowest BCUT2D eigenvalue weighted by molar-refractivity contribution is 0.605. The Labute approximate surface area is 405 Å². The van der Waals surface area contributed by atoms with Gasteiger partial charge in [0.05, 0.1) is 10.8 Å². The third-order valence-electron chi connectivity index (χ3n) is 14.7. The number of nitrogens with zero attached hydrogens (tertiary/aromatic N) is 3. The Morgan fingerprint density at radius 3 is 1.17 bits per heavy atom. The molecule has 0 amide bonds. The standard InChI is InChI=1S/C65H41N3S/c1-3-19-42(20-4-1)43-35-37-45(38-36-43)62-66-61(44-21-5-2-6-22-44)67-63(68-62)50-25-8-7-23-47(50)46-39-40-49-48-24-9-10-26-51(48)64(58(49)41-46)52-27-11-13-29-54(52)65(55-30-14-12-28-53(55)64)56-31-15-17-33-59(56)69-60-34-18-16-32-57(60)65/h1-41H. The molecule has 2 heterocycles. The van der Waals surface area contributed by atoms with E-state index in [1.165, 1.54) is 71.0 Å². The molecule has 0 fully saturated rings. The number of hydrogen-bond acceptors (Lipinski definition) is 4. The molecule has 0 N–H and O–H groups in total. The highest BCUT2D eigenvalue weighted by atomic mass is 32.2. The molecule has 0 atom stereocenters. The lowest BCUT2D eigenvalue weighted by atomic mass is 9.51. The summed E-state index contributed by atoms with van der Waals surface area (Å²) in [5, 5.41) is 0. The van der Waals surface area contributed by atoms with Crippen LogP contribution in [0.4, 0.5) is 0 Å². The molecule has 3 aliphatic rings. The van der Waals surface area contributed by atoms with E-state index in [0.29, 0.717) is 17.5 Å². The summed E-state index contributed by atoms with van der Waals surface area (Å²) in [6.07, 6.45) is 0. The van der Waals surface area contributed by atoms with Crippen molar-refractivity contribution in [1.82, 2.24) is 15.0 Å². The first-order chi connectivity index (χ1) is 34.2. The largest absolute Gasteiger partial charge is 0.208 e. The topological polar surface area (TPSA) is 38.7 Å². The molecule has 3 nitrogen and oxygen atoms in total. The zero-order chi connectivity index (χ0) is 45.5. The van der Waals surface area contributed by atoms with Gasteiger partial charge in [0.1, 0.15) is 0 Å². The summed E-state index contributed by atoms with van der Waals surface area (Å²) in [6, 6.07) is 90.8. The van der Waals surface area contributed by atoms with Gasteiger partial charge in [-0.3, -0.25) is 0 Å². The molecular weight excluding hydrogens is 855 g/mol. The van der Waals surface area contributed by atoms with Crippen molar-refractivity contribution in [1.29, 1.82) is 0 Å². The fourth-order valence-electron chi connectivity index (χ4n) is 11.9. The van der Waals surface area contributed by atoms with Crippen LogP contribution < -0.4 is 0 Å². The van der Waals surface area contributed by atoms with Crippen molar-refractivity contribution >= 4 is 11.8 Å². The van der Waals surface area contributed by atoms with Gasteiger partial charge in [-0.25, -0.2) is 15.0 Å². The summed E-state index contributed by atoms with van der Waals surface area (Å²) >= 11 is 1.88. The first kappa shape index (κ1) is 39.7. The lowest BCUT2D eigenvalue weighted by Crippen LogP contribution is -2.45. The van der Waals surface area contributed by atoms with Crippen LogP contribution in [0.2, 0.25) is 0 Å². The molecule has 0 radical (unpaired) electrons. The van der Waals surface area contributed by atoms with Gasteiger partial charge in [-0.05, 0) is 96.1 Å². The van der Waals surface area contributed by atoms with Gasteiger partial charge in [0.25, 0.3) is 0 Å². The third kappa shape index (κ3) is 5.79. The molecule has 2 aliphatic carbocycles. The van der Waals surface area contributed by atoms with Crippen molar-refractivity contribution in [2.75, 3.05) is 0 Å². The molecule has 10 aromatic carbocycles. The Bertz CT molecular complexity index is 3730. The van der Waals surface area contributed by atoms with E-state index in [1.807, 2.05) is 36.0 Å². The summed E-state index contributed by atoms with van der Waals surface area (Å²) in [5.41, 5.74) is 19.2. The van der Waals surface area contributed by atoms with Crippen LogP contribution in [0.3, 0.4) is 0 Å². The Morgan fingerprint density at radius 1 is 0.232 bits per heavy atom. The molecule has 69 heavy (non-hydrogen) atoms. The lowest BCUT2D eigenvalue weighted by Gasteiger charge is -2.51. The molecule has 0 bridgehead atoms. The van der Waals surface area contributed by atoms with E-state index in [4.69, 9.17) is 15.0 Å². The maximum absolute atomic E-state index is 5.30. The van der Waals surface area contributed by atoms with Gasteiger partial charge in [-0.2, -0.15) is 0 Å². The molecule has 2 spiro atoms. The van der Waals surface area contributed by atoms with Crippen molar-refractivity contribution in [3.63, 3.8) is 0 Å². The molecule has 0 saturated heterocycles. The van der Waals surface area contributed by atoms with Crippen LogP contribution in [0.1, 0.15) is 44.5 Å². The predicted octanol–water partition coefficient (Wildman–Crippen LogP) is 15.7. The number of benzene rings is 10. The highest BCUT2D eigenvalue weighted by molar-refractivity contribution is 7.99. The van der Waals surface area contributed by atoms with E-state index in [-0.39, 0.29) is 0 Å². The van der Waals surface area contributed by atoms with E-state index >= 15 is 0 Å². The van der Waals surface area contributed by atoms with Crippen LogP contribution in [-0.4, -0.2) is 15.0 Å². The molecule has 0 unspecified atom stereocenters. The monoisotopic (exact) mass is 895 g/mol. The summed E-state index contributed by atoms with van der Waals surface area (Å²) in [5.74, 6) is 1.89. The normalized spacial score (nSPS) is 14.0. The van der Waals surface area contributed by atoms with E-state index in [9.17, 15) is 0 Å². The maximum atomic E-state index is 5.30. The minimum absolute atomic E-state index is 0.534.